The van der Waals surface area contributed by atoms with E-state index in [-0.39, 0.29) is 17.3 Å². The van der Waals surface area contributed by atoms with Crippen LogP contribution in [0.25, 0.3) is 0 Å². The summed E-state index contributed by atoms with van der Waals surface area (Å²) in [5.41, 5.74) is 1.20. The third-order valence-corrected chi connectivity index (χ3v) is 4.84. The van der Waals surface area contributed by atoms with Crippen LogP contribution in [-0.4, -0.2) is 46.7 Å². The largest absolute Gasteiger partial charge is 0.490 e. The molecule has 0 bridgehead atoms. The Bertz CT molecular complexity index is 654. The number of piperidine rings is 2. The third kappa shape index (κ3) is 6.50. The molecule has 2 aliphatic heterocycles. The lowest BCUT2D eigenvalue weighted by Crippen LogP contribution is -2.57. The summed E-state index contributed by atoms with van der Waals surface area (Å²) in [6, 6.07) is 6.73. The molecule has 1 spiro atoms. The van der Waals surface area contributed by atoms with Crippen molar-refractivity contribution in [1.82, 2.24) is 10.2 Å². The van der Waals surface area contributed by atoms with Gasteiger partial charge in [0.05, 0.1) is 0 Å². The molecule has 150 valence electrons. The minimum atomic E-state index is -5.08. The lowest BCUT2D eigenvalue weighted by Gasteiger charge is -2.44. The van der Waals surface area contributed by atoms with Gasteiger partial charge in [-0.25, -0.2) is 9.18 Å². The number of hydrogen-bond acceptors (Lipinski definition) is 3. The van der Waals surface area contributed by atoms with Crippen LogP contribution in [0.15, 0.2) is 24.3 Å². The standard InChI is InChI=1S/C16H21FN2O.C2HF3O2/c17-14-5-3-13(4-6-14)12-19-10-8-16(9-11-19)7-1-2-15(20)18-16;3-2(4,5)1(6)7/h3-6H,1-2,7-12H2,(H,18,20);(H,6,7). The van der Waals surface area contributed by atoms with E-state index >= 15 is 0 Å². The molecule has 2 N–H and O–H groups in total. The average Bonchev–Trinajstić information content (AvgIpc) is 2.59. The lowest BCUT2D eigenvalue weighted by atomic mass is 9.80. The highest BCUT2D eigenvalue weighted by atomic mass is 19.4. The van der Waals surface area contributed by atoms with E-state index in [1.807, 2.05) is 12.1 Å². The van der Waals surface area contributed by atoms with Crippen LogP contribution in [-0.2, 0) is 16.1 Å². The van der Waals surface area contributed by atoms with E-state index in [0.717, 1.165) is 50.9 Å². The number of alkyl halides is 3. The Hall–Kier alpha value is -2.16. The molecule has 1 amide bonds. The summed E-state index contributed by atoms with van der Waals surface area (Å²) in [6.07, 6.45) is -0.214. The highest BCUT2D eigenvalue weighted by Gasteiger charge is 2.38. The minimum absolute atomic E-state index is 0.0502. The number of carbonyl (C=O) groups is 2. The molecule has 9 heteroatoms. The van der Waals surface area contributed by atoms with Gasteiger partial charge in [-0.3, -0.25) is 9.69 Å². The molecule has 0 radical (unpaired) electrons. The summed E-state index contributed by atoms with van der Waals surface area (Å²) in [5.74, 6) is -2.73. The monoisotopic (exact) mass is 390 g/mol. The highest BCUT2D eigenvalue weighted by molar-refractivity contribution is 5.77. The summed E-state index contributed by atoms with van der Waals surface area (Å²) < 4.78 is 44.6. The number of carboxylic acids is 1. The summed E-state index contributed by atoms with van der Waals surface area (Å²) in [7, 11) is 0. The van der Waals surface area contributed by atoms with Gasteiger partial charge in [0, 0.05) is 31.6 Å². The zero-order valence-electron chi connectivity index (χ0n) is 14.7. The molecular weight excluding hydrogens is 368 g/mol. The first-order chi connectivity index (χ1) is 12.6. The molecule has 2 saturated heterocycles. The van der Waals surface area contributed by atoms with Gasteiger partial charge in [-0.1, -0.05) is 12.1 Å². The number of hydrogen-bond donors (Lipinski definition) is 2. The van der Waals surface area contributed by atoms with E-state index in [4.69, 9.17) is 9.90 Å². The second kappa shape index (κ2) is 8.69. The average molecular weight is 390 g/mol. The Morgan fingerprint density at radius 2 is 1.70 bits per heavy atom. The van der Waals surface area contributed by atoms with Crippen molar-refractivity contribution in [3.05, 3.63) is 35.6 Å². The fourth-order valence-corrected chi connectivity index (χ4v) is 3.37. The molecule has 5 nitrogen and oxygen atoms in total. The molecule has 2 fully saturated rings. The molecule has 3 rings (SSSR count). The fraction of sp³-hybridized carbons (Fsp3) is 0.556. The van der Waals surface area contributed by atoms with Crippen molar-refractivity contribution in [3.63, 3.8) is 0 Å². The number of nitrogens with one attached hydrogen (secondary N) is 1. The predicted octanol–water partition coefficient (Wildman–Crippen LogP) is 3.09. The van der Waals surface area contributed by atoms with E-state index in [0.29, 0.717) is 6.42 Å². The van der Waals surface area contributed by atoms with E-state index in [1.54, 1.807) is 0 Å². The SMILES string of the molecule is O=C(O)C(F)(F)F.O=C1CCCC2(CCN(Cc3ccc(F)cc3)CC2)N1. The Labute approximate surface area is 154 Å². The second-order valence-corrected chi connectivity index (χ2v) is 6.89. The Balaban J connectivity index is 0.000000321. The van der Waals surface area contributed by atoms with Crippen LogP contribution >= 0.6 is 0 Å². The van der Waals surface area contributed by atoms with Crippen LogP contribution in [0.5, 0.6) is 0 Å². The topological polar surface area (TPSA) is 69.6 Å². The van der Waals surface area contributed by atoms with Gasteiger partial charge >= 0.3 is 12.1 Å². The zero-order valence-corrected chi connectivity index (χ0v) is 14.7. The second-order valence-electron chi connectivity index (χ2n) is 6.89. The predicted molar refractivity (Wildman–Crippen MR) is 89.3 cm³/mol. The normalized spacial score (nSPS) is 19.8. The van der Waals surface area contributed by atoms with Gasteiger partial charge in [-0.2, -0.15) is 13.2 Å². The third-order valence-electron chi connectivity index (χ3n) is 4.84. The van der Waals surface area contributed by atoms with Gasteiger partial charge in [-0.15, -0.1) is 0 Å². The maximum Gasteiger partial charge on any atom is 0.490 e. The first kappa shape index (κ1) is 21.1. The van der Waals surface area contributed by atoms with Gasteiger partial charge in [0.25, 0.3) is 0 Å². The molecule has 1 aromatic carbocycles. The minimum Gasteiger partial charge on any atom is -0.475 e. The maximum atomic E-state index is 12.9. The number of aliphatic carboxylic acids is 1. The van der Waals surface area contributed by atoms with Crippen molar-refractivity contribution in [2.24, 2.45) is 0 Å². The van der Waals surface area contributed by atoms with Crippen molar-refractivity contribution in [2.75, 3.05) is 13.1 Å². The van der Waals surface area contributed by atoms with Crippen molar-refractivity contribution in [1.29, 1.82) is 0 Å². The summed E-state index contributed by atoms with van der Waals surface area (Å²) in [6.45, 7) is 2.86. The van der Waals surface area contributed by atoms with Gasteiger partial charge in [0.15, 0.2) is 0 Å². The maximum absolute atomic E-state index is 12.9. The number of halogens is 4. The molecule has 1 aromatic rings. The van der Waals surface area contributed by atoms with Gasteiger partial charge in [0.2, 0.25) is 5.91 Å². The van der Waals surface area contributed by atoms with Crippen molar-refractivity contribution >= 4 is 11.9 Å². The van der Waals surface area contributed by atoms with Crippen LogP contribution in [0.1, 0.15) is 37.7 Å². The first-order valence-electron chi connectivity index (χ1n) is 8.68. The van der Waals surface area contributed by atoms with E-state index in [9.17, 15) is 22.4 Å². The molecule has 27 heavy (non-hydrogen) atoms. The van der Waals surface area contributed by atoms with E-state index in [2.05, 4.69) is 10.2 Å². The van der Waals surface area contributed by atoms with Crippen molar-refractivity contribution < 1.29 is 32.3 Å². The van der Waals surface area contributed by atoms with Crippen LogP contribution in [0.3, 0.4) is 0 Å². The zero-order chi connectivity index (χ0) is 20.1. The fourth-order valence-electron chi connectivity index (χ4n) is 3.37. The number of carboxylic acid groups (broad SMARTS) is 1. The Kier molecular flexibility index (Phi) is 6.80. The molecular formula is C18H22F4N2O3. The van der Waals surface area contributed by atoms with E-state index < -0.39 is 12.1 Å². The van der Waals surface area contributed by atoms with E-state index in [1.165, 1.54) is 12.1 Å². The lowest BCUT2D eigenvalue weighted by molar-refractivity contribution is -0.192. The Morgan fingerprint density at radius 1 is 1.15 bits per heavy atom. The number of carbonyl (C=O) groups excluding carboxylic acids is 1. The summed E-state index contributed by atoms with van der Waals surface area (Å²) in [4.78, 5) is 22.9. The first-order valence-corrected chi connectivity index (χ1v) is 8.68. The van der Waals surface area contributed by atoms with Crippen LogP contribution in [0.2, 0.25) is 0 Å². The smallest absolute Gasteiger partial charge is 0.475 e. The van der Waals surface area contributed by atoms with Gasteiger partial charge < -0.3 is 10.4 Å². The molecule has 0 aliphatic carbocycles. The Morgan fingerprint density at radius 3 is 2.19 bits per heavy atom. The van der Waals surface area contributed by atoms with Crippen molar-refractivity contribution in [3.8, 4) is 0 Å². The van der Waals surface area contributed by atoms with Gasteiger partial charge in [0.1, 0.15) is 5.82 Å². The molecule has 0 saturated carbocycles. The summed E-state index contributed by atoms with van der Waals surface area (Å²) >= 11 is 0. The molecule has 0 aromatic heterocycles. The number of rotatable bonds is 2. The molecule has 0 unspecified atom stereocenters. The number of benzene rings is 1. The quantitative estimate of drug-likeness (QED) is 0.762. The molecule has 2 heterocycles. The number of nitrogens with zero attached hydrogens (tertiary/aromatic N) is 1. The summed E-state index contributed by atoms with van der Waals surface area (Å²) in [5, 5.41) is 10.3. The number of amides is 1. The van der Waals surface area contributed by atoms with Gasteiger partial charge in [-0.05, 0) is 43.4 Å². The van der Waals surface area contributed by atoms with Crippen LogP contribution in [0, 0.1) is 5.82 Å². The highest BCUT2D eigenvalue weighted by Crippen LogP contribution is 2.31. The molecule has 2 aliphatic rings. The molecule has 0 atom stereocenters. The van der Waals surface area contributed by atoms with Crippen molar-refractivity contribution in [2.45, 2.75) is 50.4 Å². The number of likely N-dealkylation sites (tertiary alicyclic amines) is 1. The van der Waals surface area contributed by atoms with Crippen LogP contribution in [0.4, 0.5) is 17.6 Å². The van der Waals surface area contributed by atoms with Crippen LogP contribution < -0.4 is 5.32 Å².